The molecule has 1 saturated carbocycles. The highest BCUT2D eigenvalue weighted by Gasteiger charge is 2.32. The van der Waals surface area contributed by atoms with E-state index in [1.807, 2.05) is 0 Å². The number of aliphatic hydroxyl groups is 1. The van der Waals surface area contributed by atoms with E-state index in [0.29, 0.717) is 0 Å². The molecule has 2 atom stereocenters. The maximum atomic E-state index is 11.1. The highest BCUT2D eigenvalue weighted by Crippen LogP contribution is 2.39. The van der Waals surface area contributed by atoms with Crippen LogP contribution in [0.1, 0.15) is 68.6 Å². The van der Waals surface area contributed by atoms with Crippen LogP contribution in [-0.2, 0) is 5.60 Å². The zero-order valence-electron chi connectivity index (χ0n) is 12.7. The third kappa shape index (κ3) is 3.60. The lowest BCUT2D eigenvalue weighted by atomic mass is 9.84. The van der Waals surface area contributed by atoms with E-state index >= 15 is 0 Å². The van der Waals surface area contributed by atoms with Gasteiger partial charge in [-0.25, -0.2) is 0 Å². The molecule has 1 nitrogen and oxygen atoms in total. The quantitative estimate of drug-likeness (QED) is 0.769. The fourth-order valence-corrected chi connectivity index (χ4v) is 3.62. The Morgan fingerprint density at radius 2 is 1.79 bits per heavy atom. The van der Waals surface area contributed by atoms with E-state index in [-0.39, 0.29) is 0 Å². The monoisotopic (exact) mass is 260 g/mol. The van der Waals surface area contributed by atoms with Crippen LogP contribution < -0.4 is 0 Å². The summed E-state index contributed by atoms with van der Waals surface area (Å²) in [7, 11) is 0. The fourth-order valence-electron chi connectivity index (χ4n) is 3.62. The Morgan fingerprint density at radius 3 is 2.42 bits per heavy atom. The van der Waals surface area contributed by atoms with Gasteiger partial charge >= 0.3 is 0 Å². The standard InChI is InChI=1S/C18H28O/c1-4-6-16-7-5-9-18(19,10-8-16)17-12-14(2)11-15(3)13-17/h11-13,16,19H,4-10H2,1-3H3. The van der Waals surface area contributed by atoms with Gasteiger partial charge in [0, 0.05) is 0 Å². The second-order valence-electron chi connectivity index (χ2n) is 6.49. The minimum Gasteiger partial charge on any atom is -0.385 e. The van der Waals surface area contributed by atoms with Gasteiger partial charge in [0.15, 0.2) is 0 Å². The van der Waals surface area contributed by atoms with Gasteiger partial charge in [-0.3, -0.25) is 0 Å². The molecule has 1 heteroatoms. The van der Waals surface area contributed by atoms with Crippen molar-refractivity contribution in [2.45, 2.75) is 71.3 Å². The Labute approximate surface area is 118 Å². The fraction of sp³-hybridized carbons (Fsp3) is 0.667. The van der Waals surface area contributed by atoms with Crippen LogP contribution >= 0.6 is 0 Å². The van der Waals surface area contributed by atoms with Crippen LogP contribution in [0.2, 0.25) is 0 Å². The number of aryl methyl sites for hydroxylation is 2. The largest absolute Gasteiger partial charge is 0.385 e. The molecule has 1 aliphatic rings. The SMILES string of the molecule is CCCC1CCCC(O)(c2cc(C)cc(C)c2)CC1. The second-order valence-corrected chi connectivity index (χ2v) is 6.49. The topological polar surface area (TPSA) is 20.2 Å². The van der Waals surface area contributed by atoms with Crippen LogP contribution in [-0.4, -0.2) is 5.11 Å². The van der Waals surface area contributed by atoms with E-state index in [9.17, 15) is 5.11 Å². The molecular formula is C18H28O. The lowest BCUT2D eigenvalue weighted by Gasteiger charge is -2.28. The van der Waals surface area contributed by atoms with E-state index in [4.69, 9.17) is 0 Å². The molecule has 0 aliphatic heterocycles. The predicted octanol–water partition coefficient (Wildman–Crippen LogP) is 4.87. The van der Waals surface area contributed by atoms with Gasteiger partial charge in [0.25, 0.3) is 0 Å². The number of hydrogen-bond donors (Lipinski definition) is 1. The first-order valence-electron chi connectivity index (χ1n) is 7.84. The summed E-state index contributed by atoms with van der Waals surface area (Å²) < 4.78 is 0. The van der Waals surface area contributed by atoms with Crippen LogP contribution in [0.15, 0.2) is 18.2 Å². The normalized spacial score (nSPS) is 28.1. The van der Waals surface area contributed by atoms with Crippen molar-refractivity contribution in [3.8, 4) is 0 Å². The highest BCUT2D eigenvalue weighted by atomic mass is 16.3. The first-order chi connectivity index (χ1) is 9.03. The summed E-state index contributed by atoms with van der Waals surface area (Å²) in [5.41, 5.74) is 3.08. The predicted molar refractivity (Wildman–Crippen MR) is 81.3 cm³/mol. The molecule has 0 saturated heterocycles. The molecular weight excluding hydrogens is 232 g/mol. The summed E-state index contributed by atoms with van der Waals surface area (Å²) in [4.78, 5) is 0. The molecule has 1 aromatic carbocycles. The summed E-state index contributed by atoms with van der Waals surface area (Å²) in [5.74, 6) is 0.824. The zero-order valence-corrected chi connectivity index (χ0v) is 12.7. The third-order valence-electron chi connectivity index (χ3n) is 4.62. The molecule has 0 spiro atoms. The molecule has 19 heavy (non-hydrogen) atoms. The molecule has 1 N–H and O–H groups in total. The van der Waals surface area contributed by atoms with Crippen molar-refractivity contribution < 1.29 is 5.11 Å². The van der Waals surface area contributed by atoms with E-state index in [2.05, 4.69) is 39.0 Å². The van der Waals surface area contributed by atoms with E-state index in [0.717, 1.165) is 30.7 Å². The van der Waals surface area contributed by atoms with E-state index in [1.54, 1.807) is 0 Å². The Bertz CT molecular complexity index is 403. The zero-order chi connectivity index (χ0) is 13.9. The minimum atomic E-state index is -0.584. The van der Waals surface area contributed by atoms with Crippen LogP contribution in [0.5, 0.6) is 0 Å². The molecule has 2 unspecified atom stereocenters. The van der Waals surface area contributed by atoms with Gasteiger partial charge < -0.3 is 5.11 Å². The van der Waals surface area contributed by atoms with Gasteiger partial charge in [0.1, 0.15) is 0 Å². The van der Waals surface area contributed by atoms with Gasteiger partial charge in [0.05, 0.1) is 5.60 Å². The van der Waals surface area contributed by atoms with Crippen LogP contribution in [0.3, 0.4) is 0 Å². The van der Waals surface area contributed by atoms with Gasteiger partial charge in [-0.05, 0) is 51.0 Å². The molecule has 1 aliphatic carbocycles. The Kier molecular flexibility index (Phi) is 4.67. The summed E-state index contributed by atoms with van der Waals surface area (Å²) in [5, 5.41) is 11.1. The summed E-state index contributed by atoms with van der Waals surface area (Å²) in [6.45, 7) is 6.51. The molecule has 0 heterocycles. The van der Waals surface area contributed by atoms with Crippen molar-refractivity contribution in [3.05, 3.63) is 34.9 Å². The van der Waals surface area contributed by atoms with Crippen molar-refractivity contribution in [2.24, 2.45) is 5.92 Å². The summed E-state index contributed by atoms with van der Waals surface area (Å²) in [6, 6.07) is 6.53. The van der Waals surface area contributed by atoms with E-state index < -0.39 is 5.60 Å². The Morgan fingerprint density at radius 1 is 1.11 bits per heavy atom. The summed E-state index contributed by atoms with van der Waals surface area (Å²) in [6.07, 6.45) is 8.08. The maximum Gasteiger partial charge on any atom is 0.0896 e. The van der Waals surface area contributed by atoms with Crippen molar-refractivity contribution in [1.82, 2.24) is 0 Å². The second kappa shape index (κ2) is 6.09. The molecule has 0 aromatic heterocycles. The molecule has 0 bridgehead atoms. The number of benzene rings is 1. The van der Waals surface area contributed by atoms with Crippen LogP contribution in [0.25, 0.3) is 0 Å². The average molecular weight is 260 g/mol. The molecule has 0 radical (unpaired) electrons. The average Bonchev–Trinajstić information content (AvgIpc) is 2.52. The lowest BCUT2D eigenvalue weighted by molar-refractivity contribution is 0.0194. The first-order valence-corrected chi connectivity index (χ1v) is 7.84. The van der Waals surface area contributed by atoms with Gasteiger partial charge in [-0.1, -0.05) is 55.5 Å². The summed E-state index contributed by atoms with van der Waals surface area (Å²) >= 11 is 0. The van der Waals surface area contributed by atoms with Gasteiger partial charge in [-0.15, -0.1) is 0 Å². The number of hydrogen-bond acceptors (Lipinski definition) is 1. The molecule has 2 rings (SSSR count). The van der Waals surface area contributed by atoms with Crippen molar-refractivity contribution in [1.29, 1.82) is 0 Å². The molecule has 1 fully saturated rings. The third-order valence-corrected chi connectivity index (χ3v) is 4.62. The number of rotatable bonds is 3. The molecule has 0 amide bonds. The smallest absolute Gasteiger partial charge is 0.0896 e. The van der Waals surface area contributed by atoms with Gasteiger partial charge in [-0.2, -0.15) is 0 Å². The van der Waals surface area contributed by atoms with Crippen LogP contribution in [0, 0.1) is 19.8 Å². The maximum absolute atomic E-state index is 11.1. The van der Waals surface area contributed by atoms with Crippen LogP contribution in [0.4, 0.5) is 0 Å². The van der Waals surface area contributed by atoms with Crippen molar-refractivity contribution in [2.75, 3.05) is 0 Å². The Hall–Kier alpha value is -0.820. The molecule has 1 aromatic rings. The van der Waals surface area contributed by atoms with E-state index in [1.165, 1.54) is 36.8 Å². The Balaban J connectivity index is 2.17. The molecule has 106 valence electrons. The minimum absolute atomic E-state index is 0.584. The van der Waals surface area contributed by atoms with Crippen molar-refractivity contribution in [3.63, 3.8) is 0 Å². The van der Waals surface area contributed by atoms with Crippen molar-refractivity contribution >= 4 is 0 Å². The lowest BCUT2D eigenvalue weighted by Crippen LogP contribution is -2.25. The first kappa shape index (κ1) is 14.6. The highest BCUT2D eigenvalue weighted by molar-refractivity contribution is 5.32. The van der Waals surface area contributed by atoms with Gasteiger partial charge in [0.2, 0.25) is 0 Å².